The smallest absolute Gasteiger partial charge is 0.407 e. The van der Waals surface area contributed by atoms with Crippen molar-refractivity contribution in [1.29, 1.82) is 0 Å². The summed E-state index contributed by atoms with van der Waals surface area (Å²) in [5, 5.41) is 3.81. The molecular weight excluding hydrogens is 392 g/mol. The van der Waals surface area contributed by atoms with E-state index in [0.717, 1.165) is 28.9 Å². The number of carbonyl (C=O) groups excluding carboxylic acids is 1. The zero-order chi connectivity index (χ0) is 17.5. The standard InChI is InChI=1S/C18H24BrClN2O2/c1-18(2,3)24-17(23)21-14-9-12-7-8-15(14)22(12)10-11-5-4-6-13(20)16(11)19/h4-6,12,14-15H,7-10H2,1-3H3,(H,21,23)/t12-,14+,15+/m1/s1. The fourth-order valence-corrected chi connectivity index (χ4v) is 4.41. The minimum Gasteiger partial charge on any atom is -0.444 e. The zero-order valence-electron chi connectivity index (χ0n) is 14.3. The van der Waals surface area contributed by atoms with Crippen LogP contribution in [0.3, 0.4) is 0 Å². The minimum atomic E-state index is -0.465. The molecule has 2 saturated heterocycles. The van der Waals surface area contributed by atoms with Crippen LogP contribution in [-0.2, 0) is 11.3 Å². The molecule has 1 aromatic carbocycles. The van der Waals surface area contributed by atoms with Crippen molar-refractivity contribution < 1.29 is 9.53 Å². The van der Waals surface area contributed by atoms with E-state index in [1.54, 1.807) is 0 Å². The number of ether oxygens (including phenoxy) is 1. The molecule has 0 spiro atoms. The molecule has 132 valence electrons. The molecule has 1 N–H and O–H groups in total. The van der Waals surface area contributed by atoms with Crippen molar-refractivity contribution in [2.24, 2.45) is 0 Å². The largest absolute Gasteiger partial charge is 0.444 e. The zero-order valence-corrected chi connectivity index (χ0v) is 16.7. The molecular formula is C18H24BrClN2O2. The Bertz CT molecular complexity index is 632. The van der Waals surface area contributed by atoms with Crippen LogP contribution in [0.15, 0.2) is 22.7 Å². The Morgan fingerprint density at radius 2 is 2.17 bits per heavy atom. The molecule has 4 nitrogen and oxygen atoms in total. The van der Waals surface area contributed by atoms with Crippen molar-refractivity contribution >= 4 is 33.6 Å². The molecule has 1 aromatic rings. The quantitative estimate of drug-likeness (QED) is 0.776. The number of benzene rings is 1. The van der Waals surface area contributed by atoms with Gasteiger partial charge in [0.2, 0.25) is 0 Å². The molecule has 2 aliphatic rings. The van der Waals surface area contributed by atoms with Crippen molar-refractivity contribution in [3.05, 3.63) is 33.3 Å². The number of amides is 1. The van der Waals surface area contributed by atoms with Crippen LogP contribution in [0, 0.1) is 0 Å². The molecule has 2 fully saturated rings. The number of hydrogen-bond donors (Lipinski definition) is 1. The summed E-state index contributed by atoms with van der Waals surface area (Å²) >= 11 is 9.80. The SMILES string of the molecule is CC(C)(C)OC(=O)N[C@H]1C[C@H]2CC[C@@H]1N2Cc1cccc(Cl)c1Br. The second-order valence-corrected chi connectivity index (χ2v) is 8.87. The maximum Gasteiger partial charge on any atom is 0.407 e. The molecule has 3 atom stereocenters. The molecule has 2 aliphatic heterocycles. The monoisotopic (exact) mass is 414 g/mol. The van der Waals surface area contributed by atoms with Gasteiger partial charge in [0, 0.05) is 29.1 Å². The van der Waals surface area contributed by atoms with Gasteiger partial charge in [-0.15, -0.1) is 0 Å². The number of halogens is 2. The number of alkyl carbamates (subject to hydrolysis) is 1. The highest BCUT2D eigenvalue weighted by molar-refractivity contribution is 9.10. The molecule has 0 saturated carbocycles. The van der Waals surface area contributed by atoms with Crippen molar-refractivity contribution in [3.8, 4) is 0 Å². The maximum atomic E-state index is 12.1. The van der Waals surface area contributed by atoms with E-state index >= 15 is 0 Å². The van der Waals surface area contributed by atoms with E-state index < -0.39 is 5.60 Å². The molecule has 0 radical (unpaired) electrons. The summed E-state index contributed by atoms with van der Waals surface area (Å²) in [4.78, 5) is 14.6. The van der Waals surface area contributed by atoms with Crippen LogP contribution >= 0.6 is 27.5 Å². The summed E-state index contributed by atoms with van der Waals surface area (Å²) in [6.45, 7) is 6.51. The van der Waals surface area contributed by atoms with Gasteiger partial charge in [-0.05, 0) is 67.6 Å². The summed E-state index contributed by atoms with van der Waals surface area (Å²) in [5.74, 6) is 0. The van der Waals surface area contributed by atoms with Gasteiger partial charge in [-0.1, -0.05) is 23.7 Å². The number of carbonyl (C=O) groups is 1. The number of nitrogens with zero attached hydrogens (tertiary/aromatic N) is 1. The van der Waals surface area contributed by atoms with Crippen LogP contribution in [0.4, 0.5) is 4.79 Å². The summed E-state index contributed by atoms with van der Waals surface area (Å²) in [7, 11) is 0. The summed E-state index contributed by atoms with van der Waals surface area (Å²) in [6, 6.07) is 7.02. The maximum absolute atomic E-state index is 12.1. The molecule has 3 rings (SSSR count). The molecule has 0 unspecified atom stereocenters. The summed E-state index contributed by atoms with van der Waals surface area (Å²) in [5.41, 5.74) is 0.727. The van der Waals surface area contributed by atoms with Crippen molar-refractivity contribution in [2.45, 2.75) is 70.3 Å². The van der Waals surface area contributed by atoms with Gasteiger partial charge in [0.25, 0.3) is 0 Å². The molecule has 2 bridgehead atoms. The highest BCUT2D eigenvalue weighted by Gasteiger charge is 2.47. The second-order valence-electron chi connectivity index (χ2n) is 7.67. The van der Waals surface area contributed by atoms with Crippen molar-refractivity contribution in [3.63, 3.8) is 0 Å². The first-order chi connectivity index (χ1) is 11.2. The Labute approximate surface area is 157 Å². The lowest BCUT2D eigenvalue weighted by atomic mass is 9.96. The van der Waals surface area contributed by atoms with Crippen LogP contribution in [-0.4, -0.2) is 34.7 Å². The van der Waals surface area contributed by atoms with Gasteiger partial charge >= 0.3 is 6.09 Å². The lowest BCUT2D eigenvalue weighted by molar-refractivity contribution is 0.0491. The third-order valence-electron chi connectivity index (χ3n) is 4.77. The first kappa shape index (κ1) is 18.0. The number of fused-ring (bicyclic) bond motifs is 2. The minimum absolute atomic E-state index is 0.163. The third-order valence-corrected chi connectivity index (χ3v) is 6.25. The molecule has 2 heterocycles. The van der Waals surface area contributed by atoms with Crippen LogP contribution < -0.4 is 5.32 Å². The Morgan fingerprint density at radius 1 is 1.42 bits per heavy atom. The predicted octanol–water partition coefficient (Wildman–Crippen LogP) is 4.73. The number of hydrogen-bond acceptors (Lipinski definition) is 3. The van der Waals surface area contributed by atoms with Gasteiger partial charge < -0.3 is 10.1 Å². The first-order valence-corrected chi connectivity index (χ1v) is 9.60. The van der Waals surface area contributed by atoms with E-state index in [1.807, 2.05) is 32.9 Å². The van der Waals surface area contributed by atoms with E-state index in [0.29, 0.717) is 12.1 Å². The topological polar surface area (TPSA) is 41.6 Å². The molecule has 1 amide bonds. The van der Waals surface area contributed by atoms with Crippen LogP contribution in [0.5, 0.6) is 0 Å². The van der Waals surface area contributed by atoms with Crippen LogP contribution in [0.1, 0.15) is 45.6 Å². The highest BCUT2D eigenvalue weighted by atomic mass is 79.9. The number of nitrogens with one attached hydrogen (secondary N) is 1. The Balaban J connectivity index is 1.65. The number of rotatable bonds is 3. The van der Waals surface area contributed by atoms with E-state index in [9.17, 15) is 4.79 Å². The van der Waals surface area contributed by atoms with Gasteiger partial charge in [0.05, 0.1) is 5.02 Å². The van der Waals surface area contributed by atoms with Gasteiger partial charge in [0.1, 0.15) is 5.60 Å². The molecule has 6 heteroatoms. The van der Waals surface area contributed by atoms with Crippen molar-refractivity contribution in [1.82, 2.24) is 10.2 Å². The normalized spacial score (nSPS) is 26.6. The third kappa shape index (κ3) is 3.89. The van der Waals surface area contributed by atoms with E-state index in [1.165, 1.54) is 12.0 Å². The lowest BCUT2D eigenvalue weighted by Crippen LogP contribution is -2.45. The van der Waals surface area contributed by atoms with Gasteiger partial charge in [-0.3, -0.25) is 4.90 Å². The van der Waals surface area contributed by atoms with Gasteiger partial charge in [0.15, 0.2) is 0 Å². The second kappa shape index (κ2) is 6.85. The van der Waals surface area contributed by atoms with Gasteiger partial charge in [-0.25, -0.2) is 4.79 Å². The van der Waals surface area contributed by atoms with E-state index in [2.05, 4.69) is 32.2 Å². The van der Waals surface area contributed by atoms with E-state index in [4.69, 9.17) is 16.3 Å². The van der Waals surface area contributed by atoms with Gasteiger partial charge in [-0.2, -0.15) is 0 Å². The van der Waals surface area contributed by atoms with Crippen LogP contribution in [0.2, 0.25) is 5.02 Å². The average Bonchev–Trinajstić information content (AvgIpc) is 2.98. The average molecular weight is 416 g/mol. The van der Waals surface area contributed by atoms with E-state index in [-0.39, 0.29) is 12.1 Å². The summed E-state index contributed by atoms with van der Waals surface area (Å²) < 4.78 is 6.37. The molecule has 24 heavy (non-hydrogen) atoms. The Hall–Kier alpha value is -0.780. The fourth-order valence-electron chi connectivity index (χ4n) is 3.83. The summed E-state index contributed by atoms with van der Waals surface area (Å²) in [6.07, 6.45) is 2.98. The Kier molecular flexibility index (Phi) is 5.14. The predicted molar refractivity (Wildman–Crippen MR) is 99.3 cm³/mol. The van der Waals surface area contributed by atoms with Crippen LogP contribution in [0.25, 0.3) is 0 Å². The fraction of sp³-hybridized carbons (Fsp3) is 0.611. The molecule has 0 aromatic heterocycles. The molecule has 0 aliphatic carbocycles. The lowest BCUT2D eigenvalue weighted by Gasteiger charge is -2.27. The van der Waals surface area contributed by atoms with Crippen molar-refractivity contribution in [2.75, 3.05) is 0 Å². The first-order valence-electron chi connectivity index (χ1n) is 8.43. The highest BCUT2D eigenvalue weighted by Crippen LogP contribution is 2.40. The Morgan fingerprint density at radius 3 is 2.88 bits per heavy atom.